The van der Waals surface area contributed by atoms with Gasteiger partial charge in [0.1, 0.15) is 34.5 Å². The second-order valence-corrected chi connectivity index (χ2v) is 13.5. The molecular weight excluding hydrogens is 727 g/mol. The lowest BCUT2D eigenvalue weighted by molar-refractivity contribution is 0.403. The summed E-state index contributed by atoms with van der Waals surface area (Å²) < 4.78 is 19.1. The van der Waals surface area contributed by atoms with Gasteiger partial charge in [-0.25, -0.2) is 0 Å². The van der Waals surface area contributed by atoms with Crippen LogP contribution in [0.2, 0.25) is 0 Å². The first kappa shape index (κ1) is 37.5. The number of nitrogens with two attached hydrogens (primary N) is 3. The molecule has 0 unspecified atom stereocenters. The van der Waals surface area contributed by atoms with Gasteiger partial charge in [-0.05, 0) is 144 Å². The summed E-state index contributed by atoms with van der Waals surface area (Å²) in [6, 6.07) is 34.5. The largest absolute Gasteiger partial charge is 0.504 e. The van der Waals surface area contributed by atoms with Crippen molar-refractivity contribution in [2.45, 2.75) is 19.3 Å². The van der Waals surface area contributed by atoms with Gasteiger partial charge in [0, 0.05) is 35.3 Å². The Morgan fingerprint density at radius 2 is 0.579 bits per heavy atom. The Bertz CT molecular complexity index is 2320. The van der Waals surface area contributed by atoms with Gasteiger partial charge in [-0.2, -0.15) is 0 Å². The third kappa shape index (κ3) is 9.10. The number of ether oxygens (including phenoxy) is 3. The van der Waals surface area contributed by atoms with Crippen LogP contribution in [0.5, 0.6) is 69.0 Å². The first-order chi connectivity index (χ1) is 27.3. The maximum Gasteiger partial charge on any atom is 0.157 e. The highest BCUT2D eigenvalue weighted by atomic mass is 16.5. The van der Waals surface area contributed by atoms with E-state index in [0.29, 0.717) is 70.8 Å². The zero-order valence-corrected chi connectivity index (χ0v) is 30.4. The fourth-order valence-corrected chi connectivity index (χ4v) is 6.22. The highest BCUT2D eigenvalue weighted by Gasteiger charge is 2.14. The Hall–Kier alpha value is -7.86. The van der Waals surface area contributed by atoms with Crippen LogP contribution < -0.4 is 31.4 Å². The van der Waals surface area contributed by atoms with Crippen LogP contribution in [0.1, 0.15) is 33.4 Å². The van der Waals surface area contributed by atoms with Crippen molar-refractivity contribution in [3.8, 4) is 69.0 Å². The lowest BCUT2D eigenvalue weighted by atomic mass is 10.0. The summed E-state index contributed by atoms with van der Waals surface area (Å²) in [4.78, 5) is 0. The quantitative estimate of drug-likeness (QED) is 0.0420. The number of anilines is 3. The first-order valence-electron chi connectivity index (χ1n) is 17.7. The van der Waals surface area contributed by atoms with E-state index >= 15 is 0 Å². The number of nitrogen functional groups attached to an aromatic ring is 3. The number of aromatic hydroxyl groups is 6. The van der Waals surface area contributed by atoms with Crippen LogP contribution in [0.4, 0.5) is 17.1 Å². The molecule has 0 bridgehead atoms. The minimum atomic E-state index is -0.233. The van der Waals surface area contributed by atoms with Crippen molar-refractivity contribution in [3.63, 3.8) is 0 Å². The molecule has 7 rings (SSSR count). The molecule has 0 amide bonds. The van der Waals surface area contributed by atoms with Crippen LogP contribution in [0.15, 0.2) is 127 Å². The number of hydrogen-bond acceptors (Lipinski definition) is 12. The molecule has 0 heterocycles. The summed E-state index contributed by atoms with van der Waals surface area (Å²) in [5.74, 6) is 1.13. The molecule has 0 aliphatic heterocycles. The molecule has 0 aromatic heterocycles. The molecular formula is C45H39N3O9. The summed E-state index contributed by atoms with van der Waals surface area (Å²) in [6.45, 7) is 0. The van der Waals surface area contributed by atoms with E-state index in [1.165, 1.54) is 36.4 Å². The van der Waals surface area contributed by atoms with Gasteiger partial charge in [0.2, 0.25) is 0 Å². The highest BCUT2D eigenvalue weighted by molar-refractivity contribution is 5.58. The topological polar surface area (TPSA) is 227 Å². The first-order valence-corrected chi connectivity index (χ1v) is 17.7. The number of phenolic OH excluding ortho intramolecular Hbond substituents is 6. The van der Waals surface area contributed by atoms with Gasteiger partial charge >= 0.3 is 0 Å². The van der Waals surface area contributed by atoms with Gasteiger partial charge in [0.25, 0.3) is 0 Å². The summed E-state index contributed by atoms with van der Waals surface area (Å²) in [5.41, 5.74) is 24.9. The molecule has 0 spiro atoms. The second-order valence-electron chi connectivity index (χ2n) is 13.5. The van der Waals surface area contributed by atoms with Gasteiger partial charge in [-0.3, -0.25) is 0 Å². The van der Waals surface area contributed by atoms with Crippen molar-refractivity contribution >= 4 is 17.1 Å². The molecule has 7 aromatic carbocycles. The lowest BCUT2D eigenvalue weighted by Gasteiger charge is -2.16. The summed E-state index contributed by atoms with van der Waals surface area (Å²) >= 11 is 0. The zero-order chi connectivity index (χ0) is 40.2. The van der Waals surface area contributed by atoms with Crippen molar-refractivity contribution in [1.29, 1.82) is 0 Å². The fraction of sp³-hybridized carbons (Fsp3) is 0.0667. The summed E-state index contributed by atoms with van der Waals surface area (Å²) in [6.07, 6.45) is 1.09. The summed E-state index contributed by atoms with van der Waals surface area (Å²) in [7, 11) is 0. The average Bonchev–Trinajstić information content (AvgIpc) is 3.17. The van der Waals surface area contributed by atoms with Crippen molar-refractivity contribution < 1.29 is 44.8 Å². The molecule has 0 radical (unpaired) electrons. The minimum Gasteiger partial charge on any atom is -0.504 e. The van der Waals surface area contributed by atoms with Gasteiger partial charge < -0.3 is 62.1 Å². The van der Waals surface area contributed by atoms with Crippen LogP contribution in [-0.4, -0.2) is 30.6 Å². The monoisotopic (exact) mass is 765 g/mol. The number of rotatable bonds is 12. The third-order valence-corrected chi connectivity index (χ3v) is 9.21. The van der Waals surface area contributed by atoms with Crippen LogP contribution in [-0.2, 0) is 19.3 Å². The van der Waals surface area contributed by atoms with E-state index in [1.54, 1.807) is 91.0 Å². The number of hydrogen-bond donors (Lipinski definition) is 9. The van der Waals surface area contributed by atoms with E-state index in [4.69, 9.17) is 31.4 Å². The zero-order valence-electron chi connectivity index (χ0n) is 30.4. The molecule has 288 valence electrons. The van der Waals surface area contributed by atoms with E-state index < -0.39 is 0 Å². The number of phenols is 6. The van der Waals surface area contributed by atoms with Crippen LogP contribution >= 0.6 is 0 Å². The van der Waals surface area contributed by atoms with E-state index in [1.807, 2.05) is 0 Å². The standard InChI is InChI=1S/C45H39N3O9/c46-37-7-4-31(19-28(37)13-25-1-10-40(49)43(52)16-25)55-34-22-35(56-32-5-8-38(47)29(20-32)14-26-2-11-41(50)44(53)17-26)24-36(23-34)57-33-6-9-39(48)30(21-33)15-27-3-12-42(51)45(54)18-27/h1-12,16-24,49-54H,13-15,46-48H2. The van der Waals surface area contributed by atoms with E-state index in [-0.39, 0.29) is 34.5 Å². The molecule has 12 N–H and O–H groups in total. The Balaban J connectivity index is 1.20. The van der Waals surface area contributed by atoms with E-state index in [9.17, 15) is 30.6 Å². The van der Waals surface area contributed by atoms with Crippen LogP contribution in [0.3, 0.4) is 0 Å². The van der Waals surface area contributed by atoms with Crippen LogP contribution in [0.25, 0.3) is 0 Å². The number of benzene rings is 7. The van der Waals surface area contributed by atoms with Gasteiger partial charge in [0.15, 0.2) is 34.5 Å². The minimum absolute atomic E-state index is 0.218. The fourth-order valence-electron chi connectivity index (χ4n) is 6.22. The molecule has 12 heteroatoms. The molecule has 12 nitrogen and oxygen atoms in total. The molecule has 0 saturated heterocycles. The van der Waals surface area contributed by atoms with Gasteiger partial charge in [-0.1, -0.05) is 18.2 Å². The normalized spacial score (nSPS) is 10.9. The van der Waals surface area contributed by atoms with Crippen molar-refractivity contribution in [2.24, 2.45) is 0 Å². The highest BCUT2D eigenvalue weighted by Crippen LogP contribution is 2.38. The smallest absolute Gasteiger partial charge is 0.157 e. The average molecular weight is 766 g/mol. The molecule has 57 heavy (non-hydrogen) atoms. The van der Waals surface area contributed by atoms with Crippen LogP contribution in [0, 0.1) is 0 Å². The van der Waals surface area contributed by atoms with Crippen molar-refractivity contribution in [2.75, 3.05) is 17.2 Å². The molecule has 0 atom stereocenters. The van der Waals surface area contributed by atoms with E-state index in [0.717, 1.165) is 33.4 Å². The van der Waals surface area contributed by atoms with E-state index in [2.05, 4.69) is 0 Å². The predicted molar refractivity (Wildman–Crippen MR) is 217 cm³/mol. The maximum absolute atomic E-state index is 10.0. The maximum atomic E-state index is 10.0. The second kappa shape index (κ2) is 15.9. The SMILES string of the molecule is Nc1ccc(Oc2cc(Oc3ccc(N)c(Cc4ccc(O)c(O)c4)c3)cc(Oc3ccc(N)c(Cc4ccc(O)c(O)c4)c3)c2)cc1Cc1ccc(O)c(O)c1. The lowest BCUT2D eigenvalue weighted by Crippen LogP contribution is -1.98. The Labute approximate surface area is 327 Å². The molecule has 0 aliphatic carbocycles. The van der Waals surface area contributed by atoms with Gasteiger partial charge in [0.05, 0.1) is 0 Å². The predicted octanol–water partition coefficient (Wildman–Crippen LogP) is 8.82. The Kier molecular flexibility index (Phi) is 10.4. The molecule has 7 aromatic rings. The molecule has 0 saturated carbocycles. The van der Waals surface area contributed by atoms with Crippen molar-refractivity contribution in [1.82, 2.24) is 0 Å². The Morgan fingerprint density at radius 3 is 0.842 bits per heavy atom. The van der Waals surface area contributed by atoms with Crippen molar-refractivity contribution in [3.05, 3.63) is 161 Å². The van der Waals surface area contributed by atoms with Gasteiger partial charge in [-0.15, -0.1) is 0 Å². The molecule has 0 aliphatic rings. The third-order valence-electron chi connectivity index (χ3n) is 9.21. The Morgan fingerprint density at radius 1 is 0.298 bits per heavy atom. The molecule has 0 fully saturated rings. The summed E-state index contributed by atoms with van der Waals surface area (Å²) in [5, 5.41) is 59.3.